The van der Waals surface area contributed by atoms with Crippen molar-refractivity contribution < 1.29 is 9.21 Å². The molecule has 0 saturated carbocycles. The third-order valence-corrected chi connectivity index (χ3v) is 4.43. The van der Waals surface area contributed by atoms with Crippen LogP contribution in [-0.4, -0.2) is 10.9 Å². The van der Waals surface area contributed by atoms with Crippen LogP contribution in [0.15, 0.2) is 44.9 Å². The van der Waals surface area contributed by atoms with Gasteiger partial charge in [-0.3, -0.25) is 4.79 Å². The number of aromatic nitrogens is 1. The molecule has 6 heteroatoms. The number of nitrogens with one attached hydrogen (secondary N) is 1. The first-order valence-electron chi connectivity index (χ1n) is 7.96. The van der Waals surface area contributed by atoms with Crippen LogP contribution in [0.1, 0.15) is 32.6 Å². The third kappa shape index (κ3) is 3.71. The summed E-state index contributed by atoms with van der Waals surface area (Å²) in [5.41, 5.74) is 1.03. The van der Waals surface area contributed by atoms with Crippen LogP contribution in [0.4, 0.5) is 5.13 Å². The summed E-state index contributed by atoms with van der Waals surface area (Å²) in [7, 11) is 0. The van der Waals surface area contributed by atoms with Gasteiger partial charge < -0.3 is 9.73 Å². The molecule has 0 spiro atoms. The van der Waals surface area contributed by atoms with Crippen molar-refractivity contribution in [3.63, 3.8) is 0 Å². The fourth-order valence-electron chi connectivity index (χ4n) is 2.41. The summed E-state index contributed by atoms with van der Waals surface area (Å²) < 4.78 is 5.32. The second-order valence-corrected chi connectivity index (χ2v) is 6.39. The van der Waals surface area contributed by atoms with Crippen LogP contribution in [0.25, 0.3) is 22.2 Å². The van der Waals surface area contributed by atoms with E-state index in [9.17, 15) is 9.59 Å². The second kappa shape index (κ2) is 7.40. The van der Waals surface area contributed by atoms with E-state index in [1.54, 1.807) is 17.5 Å². The first kappa shape index (κ1) is 16.4. The van der Waals surface area contributed by atoms with E-state index in [0.717, 1.165) is 24.6 Å². The van der Waals surface area contributed by atoms with E-state index in [1.807, 2.05) is 18.2 Å². The fraction of sp³-hybridized carbons (Fsp3) is 0.278. The van der Waals surface area contributed by atoms with Gasteiger partial charge in [-0.25, -0.2) is 9.78 Å². The zero-order valence-electron chi connectivity index (χ0n) is 13.4. The Kier molecular flexibility index (Phi) is 5.05. The number of anilines is 1. The number of nitrogens with zero attached hydrogens (tertiary/aromatic N) is 1. The second-order valence-electron chi connectivity index (χ2n) is 5.53. The summed E-state index contributed by atoms with van der Waals surface area (Å²) >= 11 is 1.30. The van der Waals surface area contributed by atoms with Crippen molar-refractivity contribution in [2.45, 2.75) is 32.6 Å². The van der Waals surface area contributed by atoms with Crippen LogP contribution < -0.4 is 10.9 Å². The molecule has 24 heavy (non-hydrogen) atoms. The van der Waals surface area contributed by atoms with Crippen molar-refractivity contribution in [2.75, 3.05) is 5.32 Å². The maximum atomic E-state index is 12.2. The van der Waals surface area contributed by atoms with Crippen molar-refractivity contribution in [3.8, 4) is 11.3 Å². The smallest absolute Gasteiger partial charge is 0.345 e. The predicted octanol–water partition coefficient (Wildman–Crippen LogP) is 4.44. The van der Waals surface area contributed by atoms with E-state index >= 15 is 0 Å². The number of hydrogen-bond acceptors (Lipinski definition) is 5. The Balaban J connectivity index is 1.79. The number of hydrogen-bond donors (Lipinski definition) is 1. The Hall–Kier alpha value is -2.47. The molecule has 124 valence electrons. The number of fused-ring (bicyclic) bond motifs is 1. The maximum Gasteiger partial charge on any atom is 0.345 e. The number of carbonyl (C=O) groups excluding carboxylic acids is 1. The van der Waals surface area contributed by atoms with E-state index in [4.69, 9.17) is 4.42 Å². The summed E-state index contributed by atoms with van der Waals surface area (Å²) in [5, 5.41) is 5.87. The molecule has 0 bridgehead atoms. The van der Waals surface area contributed by atoms with E-state index in [0.29, 0.717) is 28.4 Å². The molecular formula is C18H18N2O3S. The number of thiazole rings is 1. The molecule has 1 N–H and O–H groups in total. The van der Waals surface area contributed by atoms with Crippen molar-refractivity contribution in [1.29, 1.82) is 0 Å². The molecule has 3 aromatic rings. The lowest BCUT2D eigenvalue weighted by molar-refractivity contribution is -0.116. The fourth-order valence-corrected chi connectivity index (χ4v) is 3.14. The van der Waals surface area contributed by atoms with Crippen molar-refractivity contribution in [1.82, 2.24) is 4.98 Å². The van der Waals surface area contributed by atoms with Crippen LogP contribution in [0.2, 0.25) is 0 Å². The molecule has 5 nitrogen and oxygen atoms in total. The van der Waals surface area contributed by atoms with Crippen molar-refractivity contribution >= 4 is 33.3 Å². The number of para-hydroxylation sites is 1. The molecule has 0 unspecified atom stereocenters. The van der Waals surface area contributed by atoms with Crippen LogP contribution in [0.5, 0.6) is 0 Å². The largest absolute Gasteiger partial charge is 0.422 e. The summed E-state index contributed by atoms with van der Waals surface area (Å²) in [6.45, 7) is 2.10. The Labute approximate surface area is 143 Å². The number of amides is 1. The Morgan fingerprint density at radius 2 is 2.12 bits per heavy atom. The van der Waals surface area contributed by atoms with Gasteiger partial charge in [0.05, 0.1) is 11.3 Å². The van der Waals surface area contributed by atoms with Gasteiger partial charge in [0.2, 0.25) is 5.91 Å². The summed E-state index contributed by atoms with van der Waals surface area (Å²) in [6.07, 6.45) is 3.47. The molecule has 0 saturated heterocycles. The Morgan fingerprint density at radius 3 is 2.96 bits per heavy atom. The number of benzene rings is 1. The van der Waals surface area contributed by atoms with E-state index in [-0.39, 0.29) is 5.91 Å². The molecule has 0 fully saturated rings. The van der Waals surface area contributed by atoms with Gasteiger partial charge in [-0.05, 0) is 18.6 Å². The van der Waals surface area contributed by atoms with Gasteiger partial charge in [0, 0.05) is 17.2 Å². The van der Waals surface area contributed by atoms with E-state index in [2.05, 4.69) is 17.2 Å². The van der Waals surface area contributed by atoms with Crippen LogP contribution in [-0.2, 0) is 4.79 Å². The Bertz CT molecular complexity index is 914. The average molecular weight is 342 g/mol. The molecule has 0 aliphatic carbocycles. The summed E-state index contributed by atoms with van der Waals surface area (Å²) in [4.78, 5) is 28.3. The normalized spacial score (nSPS) is 10.9. The van der Waals surface area contributed by atoms with Gasteiger partial charge in [0.1, 0.15) is 5.58 Å². The number of carbonyl (C=O) groups is 1. The standard InChI is InChI=1S/C18H18N2O3S/c1-2-3-4-9-16(21)20-18-19-14(11-24-18)13-10-12-7-5-6-8-15(12)23-17(13)22/h5-8,10-11H,2-4,9H2,1H3,(H,19,20,21). The third-order valence-electron chi connectivity index (χ3n) is 3.68. The molecule has 3 rings (SSSR count). The van der Waals surface area contributed by atoms with Gasteiger partial charge in [-0.1, -0.05) is 38.0 Å². The molecule has 0 atom stereocenters. The minimum absolute atomic E-state index is 0.0464. The first-order valence-corrected chi connectivity index (χ1v) is 8.84. The van der Waals surface area contributed by atoms with Crippen LogP contribution >= 0.6 is 11.3 Å². The van der Waals surface area contributed by atoms with Gasteiger partial charge in [0.15, 0.2) is 5.13 Å². The topological polar surface area (TPSA) is 72.2 Å². The lowest BCUT2D eigenvalue weighted by atomic mass is 10.1. The highest BCUT2D eigenvalue weighted by Crippen LogP contribution is 2.25. The lowest BCUT2D eigenvalue weighted by Crippen LogP contribution is -2.11. The van der Waals surface area contributed by atoms with Crippen LogP contribution in [0, 0.1) is 0 Å². The summed E-state index contributed by atoms with van der Waals surface area (Å²) in [5.74, 6) is -0.0464. The minimum atomic E-state index is -0.431. The van der Waals surface area contributed by atoms with E-state index < -0.39 is 5.63 Å². The molecule has 2 heterocycles. The quantitative estimate of drug-likeness (QED) is 0.531. The number of rotatable bonds is 6. The average Bonchev–Trinajstić information content (AvgIpc) is 3.02. The van der Waals surface area contributed by atoms with Crippen molar-refractivity contribution in [3.05, 3.63) is 46.1 Å². The molecular weight excluding hydrogens is 324 g/mol. The molecule has 2 aromatic heterocycles. The molecule has 0 radical (unpaired) electrons. The zero-order valence-corrected chi connectivity index (χ0v) is 14.2. The van der Waals surface area contributed by atoms with E-state index in [1.165, 1.54) is 11.3 Å². The molecule has 1 amide bonds. The monoisotopic (exact) mass is 342 g/mol. The first-order chi connectivity index (χ1) is 11.7. The zero-order chi connectivity index (χ0) is 16.9. The summed E-state index contributed by atoms with van der Waals surface area (Å²) in [6, 6.07) is 9.10. The minimum Gasteiger partial charge on any atom is -0.422 e. The molecule has 0 aliphatic rings. The molecule has 0 aliphatic heterocycles. The van der Waals surface area contributed by atoms with Crippen LogP contribution in [0.3, 0.4) is 0 Å². The molecule has 1 aromatic carbocycles. The number of unbranched alkanes of at least 4 members (excludes halogenated alkanes) is 2. The Morgan fingerprint density at radius 1 is 1.29 bits per heavy atom. The van der Waals surface area contributed by atoms with Gasteiger partial charge >= 0.3 is 5.63 Å². The SMILES string of the molecule is CCCCCC(=O)Nc1nc(-c2cc3ccccc3oc2=O)cs1. The lowest BCUT2D eigenvalue weighted by Gasteiger charge is -2.01. The van der Waals surface area contributed by atoms with Gasteiger partial charge in [0.25, 0.3) is 0 Å². The highest BCUT2D eigenvalue weighted by molar-refractivity contribution is 7.14. The predicted molar refractivity (Wildman–Crippen MR) is 96.4 cm³/mol. The van der Waals surface area contributed by atoms with Gasteiger partial charge in [-0.15, -0.1) is 11.3 Å². The highest BCUT2D eigenvalue weighted by Gasteiger charge is 2.12. The highest BCUT2D eigenvalue weighted by atomic mass is 32.1. The van der Waals surface area contributed by atoms with Gasteiger partial charge in [-0.2, -0.15) is 0 Å². The van der Waals surface area contributed by atoms with Crippen molar-refractivity contribution in [2.24, 2.45) is 0 Å². The maximum absolute atomic E-state index is 12.2.